The summed E-state index contributed by atoms with van der Waals surface area (Å²) in [5, 5.41) is 0. The van der Waals surface area contributed by atoms with E-state index in [9.17, 15) is 8.42 Å². The number of sulfone groups is 1. The Bertz CT molecular complexity index is 679. The van der Waals surface area contributed by atoms with E-state index in [1.165, 1.54) is 11.3 Å². The molecule has 0 aliphatic heterocycles. The Kier molecular flexibility index (Phi) is 2.42. The molecule has 0 N–H and O–H groups in total. The smallest absolute Gasteiger partial charge is 0.215 e. The maximum atomic E-state index is 12.3. The largest absolute Gasteiger partial charge is 0.218 e. The number of thiophene rings is 1. The minimum atomic E-state index is -3.33. The SMILES string of the molecule is O=S(=O)(c1ccccc1)c1cc2c(s1)C=CC2. The molecule has 0 spiro atoms. The van der Waals surface area contributed by atoms with Crippen LogP contribution in [0.25, 0.3) is 6.08 Å². The van der Waals surface area contributed by atoms with Gasteiger partial charge in [-0.3, -0.25) is 0 Å². The summed E-state index contributed by atoms with van der Waals surface area (Å²) in [4.78, 5) is 1.43. The van der Waals surface area contributed by atoms with Crippen molar-refractivity contribution in [2.75, 3.05) is 0 Å². The van der Waals surface area contributed by atoms with Gasteiger partial charge < -0.3 is 0 Å². The van der Waals surface area contributed by atoms with Crippen molar-refractivity contribution in [2.45, 2.75) is 15.5 Å². The van der Waals surface area contributed by atoms with Crippen LogP contribution in [0.15, 0.2) is 51.6 Å². The lowest BCUT2D eigenvalue weighted by Gasteiger charge is -2.00. The van der Waals surface area contributed by atoms with E-state index in [-0.39, 0.29) is 0 Å². The Morgan fingerprint density at radius 2 is 1.88 bits per heavy atom. The van der Waals surface area contributed by atoms with Gasteiger partial charge in [0.1, 0.15) is 4.21 Å². The van der Waals surface area contributed by atoms with Crippen LogP contribution < -0.4 is 0 Å². The molecule has 3 rings (SSSR count). The van der Waals surface area contributed by atoms with Gasteiger partial charge in [0.05, 0.1) is 4.90 Å². The lowest BCUT2D eigenvalue weighted by atomic mass is 10.3. The highest BCUT2D eigenvalue weighted by Crippen LogP contribution is 2.34. The molecule has 86 valence electrons. The third-order valence-corrected chi connectivity index (χ3v) is 6.13. The number of allylic oxidation sites excluding steroid dienone is 1. The Morgan fingerprint density at radius 3 is 2.59 bits per heavy atom. The Hall–Kier alpha value is -1.39. The Balaban J connectivity index is 2.12. The van der Waals surface area contributed by atoms with Crippen LogP contribution in [0, 0.1) is 0 Å². The fourth-order valence-corrected chi connectivity index (χ4v) is 4.76. The second-order valence-corrected chi connectivity index (χ2v) is 7.14. The van der Waals surface area contributed by atoms with Crippen molar-refractivity contribution in [3.8, 4) is 0 Å². The molecule has 1 aliphatic rings. The third kappa shape index (κ3) is 1.73. The fraction of sp³-hybridized carbons (Fsp3) is 0.0769. The average Bonchev–Trinajstić information content (AvgIpc) is 2.90. The van der Waals surface area contributed by atoms with Crippen LogP contribution in [0.5, 0.6) is 0 Å². The van der Waals surface area contributed by atoms with Gasteiger partial charge in [0, 0.05) is 4.88 Å². The van der Waals surface area contributed by atoms with Crippen molar-refractivity contribution >= 4 is 27.3 Å². The van der Waals surface area contributed by atoms with E-state index in [1.807, 2.05) is 12.1 Å². The van der Waals surface area contributed by atoms with Crippen LogP contribution >= 0.6 is 11.3 Å². The predicted molar refractivity (Wildman–Crippen MR) is 69.0 cm³/mol. The molecule has 0 bridgehead atoms. The summed E-state index contributed by atoms with van der Waals surface area (Å²) in [5.41, 5.74) is 1.12. The molecule has 0 radical (unpaired) electrons. The first-order valence-electron chi connectivity index (χ1n) is 5.27. The first-order chi connectivity index (χ1) is 8.18. The van der Waals surface area contributed by atoms with Gasteiger partial charge in [0.15, 0.2) is 0 Å². The van der Waals surface area contributed by atoms with Crippen LogP contribution in [0.3, 0.4) is 0 Å². The van der Waals surface area contributed by atoms with Crippen molar-refractivity contribution in [2.24, 2.45) is 0 Å². The summed E-state index contributed by atoms with van der Waals surface area (Å²) in [5.74, 6) is 0. The van der Waals surface area contributed by atoms with Crippen molar-refractivity contribution in [3.63, 3.8) is 0 Å². The molecule has 0 saturated heterocycles. The average molecular weight is 262 g/mol. The molecule has 2 nitrogen and oxygen atoms in total. The summed E-state index contributed by atoms with van der Waals surface area (Å²) in [7, 11) is -3.33. The summed E-state index contributed by atoms with van der Waals surface area (Å²) in [6, 6.07) is 10.4. The van der Waals surface area contributed by atoms with Crippen molar-refractivity contribution < 1.29 is 8.42 Å². The topological polar surface area (TPSA) is 34.1 Å². The summed E-state index contributed by atoms with van der Waals surface area (Å²) >= 11 is 1.35. The predicted octanol–water partition coefficient (Wildman–Crippen LogP) is 3.15. The zero-order chi connectivity index (χ0) is 11.9. The molecule has 2 aromatic rings. The molecule has 0 fully saturated rings. The minimum Gasteiger partial charge on any atom is -0.218 e. The monoisotopic (exact) mass is 262 g/mol. The Labute approximate surface area is 104 Å². The molecule has 1 aromatic carbocycles. The van der Waals surface area contributed by atoms with Gasteiger partial charge in [-0.2, -0.15) is 0 Å². The van der Waals surface area contributed by atoms with Crippen LogP contribution in [0.4, 0.5) is 0 Å². The van der Waals surface area contributed by atoms with E-state index in [2.05, 4.69) is 6.08 Å². The van der Waals surface area contributed by atoms with Gasteiger partial charge >= 0.3 is 0 Å². The van der Waals surface area contributed by atoms with Crippen LogP contribution in [-0.2, 0) is 16.3 Å². The van der Waals surface area contributed by atoms with E-state index < -0.39 is 9.84 Å². The summed E-state index contributed by atoms with van der Waals surface area (Å²) < 4.78 is 25.1. The molecular formula is C13H10O2S2. The first-order valence-corrected chi connectivity index (χ1v) is 7.57. The van der Waals surface area contributed by atoms with Crippen molar-refractivity contribution in [3.05, 3.63) is 52.9 Å². The maximum Gasteiger partial charge on any atom is 0.215 e. The van der Waals surface area contributed by atoms with E-state index >= 15 is 0 Å². The van der Waals surface area contributed by atoms with Gasteiger partial charge in [0.2, 0.25) is 9.84 Å². The fourth-order valence-electron chi connectivity index (χ4n) is 1.86. The number of hydrogen-bond donors (Lipinski definition) is 0. The number of hydrogen-bond acceptors (Lipinski definition) is 3. The highest BCUT2D eigenvalue weighted by Gasteiger charge is 2.22. The van der Waals surface area contributed by atoms with E-state index in [0.717, 1.165) is 16.9 Å². The molecule has 1 heterocycles. The van der Waals surface area contributed by atoms with Gasteiger partial charge in [0.25, 0.3) is 0 Å². The van der Waals surface area contributed by atoms with Gasteiger partial charge in [-0.1, -0.05) is 24.3 Å². The highest BCUT2D eigenvalue weighted by atomic mass is 32.2. The number of benzene rings is 1. The molecule has 1 aromatic heterocycles. The minimum absolute atomic E-state index is 0.365. The second kappa shape index (κ2) is 3.82. The molecule has 1 aliphatic carbocycles. The third-order valence-electron chi connectivity index (χ3n) is 2.74. The van der Waals surface area contributed by atoms with Crippen LogP contribution in [0.1, 0.15) is 10.4 Å². The molecule has 0 atom stereocenters. The normalized spacial score (nSPS) is 13.9. The first kappa shape index (κ1) is 10.7. The summed E-state index contributed by atoms with van der Waals surface area (Å²) in [6.07, 6.45) is 4.89. The van der Waals surface area contributed by atoms with Gasteiger partial charge in [-0.25, -0.2) is 8.42 Å². The molecule has 0 saturated carbocycles. The van der Waals surface area contributed by atoms with Crippen LogP contribution in [0.2, 0.25) is 0 Å². The van der Waals surface area contributed by atoms with E-state index in [0.29, 0.717) is 9.10 Å². The quantitative estimate of drug-likeness (QED) is 0.833. The maximum absolute atomic E-state index is 12.3. The van der Waals surface area contributed by atoms with Gasteiger partial charge in [-0.05, 0) is 36.3 Å². The van der Waals surface area contributed by atoms with Crippen LogP contribution in [-0.4, -0.2) is 8.42 Å². The molecule has 0 unspecified atom stereocenters. The summed E-state index contributed by atoms with van der Waals surface area (Å²) in [6.45, 7) is 0. The zero-order valence-electron chi connectivity index (χ0n) is 8.96. The highest BCUT2D eigenvalue weighted by molar-refractivity contribution is 7.93. The number of rotatable bonds is 2. The van der Waals surface area contributed by atoms with E-state index in [4.69, 9.17) is 0 Å². The van der Waals surface area contributed by atoms with E-state index in [1.54, 1.807) is 30.3 Å². The molecular weight excluding hydrogens is 252 g/mol. The second-order valence-electron chi connectivity index (χ2n) is 3.88. The lowest BCUT2D eigenvalue weighted by Crippen LogP contribution is -1.98. The molecule has 0 amide bonds. The number of fused-ring (bicyclic) bond motifs is 1. The zero-order valence-corrected chi connectivity index (χ0v) is 10.6. The Morgan fingerprint density at radius 1 is 1.12 bits per heavy atom. The molecule has 17 heavy (non-hydrogen) atoms. The van der Waals surface area contributed by atoms with Gasteiger partial charge in [-0.15, -0.1) is 11.3 Å². The standard InChI is InChI=1S/C13H10O2S2/c14-17(15,11-6-2-1-3-7-11)13-9-10-5-4-8-12(10)16-13/h1-4,6-9H,5H2. The lowest BCUT2D eigenvalue weighted by molar-refractivity contribution is 0.598. The van der Waals surface area contributed by atoms with Crippen molar-refractivity contribution in [1.82, 2.24) is 0 Å². The van der Waals surface area contributed by atoms with Crippen molar-refractivity contribution in [1.29, 1.82) is 0 Å². The molecule has 4 heteroatoms.